The van der Waals surface area contributed by atoms with Gasteiger partial charge in [0.25, 0.3) is 0 Å². The highest BCUT2D eigenvalue weighted by Gasteiger charge is 2.22. The number of carbonyl (C=O) groups is 1. The predicted octanol–water partition coefficient (Wildman–Crippen LogP) is 3.05. The van der Waals surface area contributed by atoms with Crippen LogP contribution >= 0.6 is 0 Å². The number of allylic oxidation sites excluding steroid dienone is 2. The highest BCUT2D eigenvalue weighted by Crippen LogP contribution is 2.31. The van der Waals surface area contributed by atoms with E-state index in [-0.39, 0.29) is 11.9 Å². The molecular weight excluding hydrogens is 228 g/mol. The molecular formula is C15H18O3. The van der Waals surface area contributed by atoms with Crippen molar-refractivity contribution >= 4 is 11.5 Å². The Bertz CT molecular complexity index is 445. The summed E-state index contributed by atoms with van der Waals surface area (Å²) in [4.78, 5) is 11.4. The molecule has 3 heteroatoms. The summed E-state index contributed by atoms with van der Waals surface area (Å²) in [5.41, 5.74) is 2.51. The number of rotatable bonds is 3. The van der Waals surface area contributed by atoms with Gasteiger partial charge in [0, 0.05) is 0 Å². The molecule has 0 amide bonds. The lowest BCUT2D eigenvalue weighted by molar-refractivity contribution is -0.145. The fourth-order valence-corrected chi connectivity index (χ4v) is 2.28. The maximum absolute atomic E-state index is 11.4. The Kier molecular flexibility index (Phi) is 4.03. The first-order valence-electron chi connectivity index (χ1n) is 6.16. The van der Waals surface area contributed by atoms with Crippen molar-refractivity contribution in [2.45, 2.75) is 19.3 Å². The van der Waals surface area contributed by atoms with Crippen LogP contribution in [0.5, 0.6) is 5.75 Å². The van der Waals surface area contributed by atoms with E-state index in [1.807, 2.05) is 12.1 Å². The summed E-state index contributed by atoms with van der Waals surface area (Å²) in [5, 5.41) is 0. The van der Waals surface area contributed by atoms with Crippen LogP contribution in [-0.2, 0) is 9.53 Å². The minimum atomic E-state index is -0.0972. The first-order valence-corrected chi connectivity index (χ1v) is 6.16. The third kappa shape index (κ3) is 2.73. The van der Waals surface area contributed by atoms with Gasteiger partial charge in [-0.1, -0.05) is 18.2 Å². The average molecular weight is 246 g/mol. The van der Waals surface area contributed by atoms with Gasteiger partial charge in [-0.2, -0.15) is 0 Å². The van der Waals surface area contributed by atoms with Gasteiger partial charge in [-0.3, -0.25) is 4.79 Å². The molecule has 0 aromatic heterocycles. The monoisotopic (exact) mass is 246 g/mol. The topological polar surface area (TPSA) is 35.5 Å². The summed E-state index contributed by atoms with van der Waals surface area (Å²) >= 11 is 0. The van der Waals surface area contributed by atoms with E-state index in [2.05, 4.69) is 18.2 Å². The molecule has 96 valence electrons. The van der Waals surface area contributed by atoms with E-state index in [0.29, 0.717) is 0 Å². The van der Waals surface area contributed by atoms with Crippen LogP contribution in [0.2, 0.25) is 0 Å². The summed E-state index contributed by atoms with van der Waals surface area (Å²) in [6.45, 7) is 0. The van der Waals surface area contributed by atoms with E-state index in [0.717, 1.165) is 25.0 Å². The SMILES string of the molecule is COC(=O)C1CC=C(c2ccc(OC)cc2)CC1. The predicted molar refractivity (Wildman–Crippen MR) is 70.3 cm³/mol. The number of methoxy groups -OCH3 is 2. The normalized spacial score (nSPS) is 19.0. The maximum atomic E-state index is 11.4. The first kappa shape index (κ1) is 12.7. The molecule has 1 unspecified atom stereocenters. The second kappa shape index (κ2) is 5.71. The van der Waals surface area contributed by atoms with Crippen LogP contribution < -0.4 is 4.74 Å². The largest absolute Gasteiger partial charge is 0.497 e. The van der Waals surface area contributed by atoms with Crippen molar-refractivity contribution in [3.8, 4) is 5.75 Å². The fourth-order valence-electron chi connectivity index (χ4n) is 2.28. The van der Waals surface area contributed by atoms with Crippen LogP contribution in [0.4, 0.5) is 0 Å². The summed E-state index contributed by atoms with van der Waals surface area (Å²) in [6, 6.07) is 8.04. The van der Waals surface area contributed by atoms with E-state index in [1.54, 1.807) is 7.11 Å². The lowest BCUT2D eigenvalue weighted by Crippen LogP contribution is -2.18. The zero-order valence-corrected chi connectivity index (χ0v) is 10.8. The molecule has 2 rings (SSSR count). The molecule has 0 radical (unpaired) electrons. The van der Waals surface area contributed by atoms with Crippen molar-refractivity contribution in [2.24, 2.45) is 5.92 Å². The van der Waals surface area contributed by atoms with Crippen LogP contribution in [0.3, 0.4) is 0 Å². The molecule has 0 saturated carbocycles. The third-order valence-corrected chi connectivity index (χ3v) is 3.41. The molecule has 0 aliphatic heterocycles. The van der Waals surface area contributed by atoms with Crippen LogP contribution in [-0.4, -0.2) is 20.2 Å². The molecule has 0 heterocycles. The van der Waals surface area contributed by atoms with Gasteiger partial charge in [0.2, 0.25) is 0 Å². The van der Waals surface area contributed by atoms with Crippen molar-refractivity contribution in [1.82, 2.24) is 0 Å². The minimum absolute atomic E-state index is 0.0250. The molecule has 1 aromatic carbocycles. The smallest absolute Gasteiger partial charge is 0.308 e. The lowest BCUT2D eigenvalue weighted by atomic mass is 9.86. The molecule has 1 aliphatic carbocycles. The average Bonchev–Trinajstić information content (AvgIpc) is 2.47. The standard InChI is InChI=1S/C15H18O3/c1-17-14-9-7-12(8-10-14)11-3-5-13(6-4-11)15(16)18-2/h3,7-10,13H,4-6H2,1-2H3. The highest BCUT2D eigenvalue weighted by molar-refractivity contribution is 5.75. The lowest BCUT2D eigenvalue weighted by Gasteiger charge is -2.20. The second-order valence-electron chi connectivity index (χ2n) is 4.45. The molecule has 0 fully saturated rings. The summed E-state index contributed by atoms with van der Waals surface area (Å²) in [6.07, 6.45) is 4.71. The Labute approximate surface area is 107 Å². The van der Waals surface area contributed by atoms with E-state index >= 15 is 0 Å². The molecule has 0 spiro atoms. The maximum Gasteiger partial charge on any atom is 0.308 e. The minimum Gasteiger partial charge on any atom is -0.497 e. The number of esters is 1. The van der Waals surface area contributed by atoms with Crippen LogP contribution in [0.25, 0.3) is 5.57 Å². The Balaban J connectivity index is 2.06. The molecule has 3 nitrogen and oxygen atoms in total. The second-order valence-corrected chi connectivity index (χ2v) is 4.45. The van der Waals surface area contributed by atoms with Crippen molar-refractivity contribution in [3.05, 3.63) is 35.9 Å². The van der Waals surface area contributed by atoms with Crippen LogP contribution in [0, 0.1) is 5.92 Å². The van der Waals surface area contributed by atoms with Gasteiger partial charge < -0.3 is 9.47 Å². The number of hydrogen-bond acceptors (Lipinski definition) is 3. The number of benzene rings is 1. The third-order valence-electron chi connectivity index (χ3n) is 3.41. The van der Waals surface area contributed by atoms with E-state index in [1.165, 1.54) is 18.2 Å². The Hall–Kier alpha value is -1.77. The molecule has 1 aliphatic rings. The Morgan fingerprint density at radius 3 is 2.44 bits per heavy atom. The summed E-state index contributed by atoms with van der Waals surface area (Å²) < 4.78 is 9.92. The molecule has 0 bridgehead atoms. The molecule has 0 N–H and O–H groups in total. The van der Waals surface area contributed by atoms with Gasteiger partial charge in [0.1, 0.15) is 5.75 Å². The zero-order chi connectivity index (χ0) is 13.0. The molecule has 1 atom stereocenters. The van der Waals surface area contributed by atoms with Crippen molar-refractivity contribution in [1.29, 1.82) is 0 Å². The zero-order valence-electron chi connectivity index (χ0n) is 10.8. The molecule has 1 aromatic rings. The molecule has 18 heavy (non-hydrogen) atoms. The van der Waals surface area contributed by atoms with E-state index in [9.17, 15) is 4.79 Å². The van der Waals surface area contributed by atoms with Gasteiger partial charge in [0.05, 0.1) is 20.1 Å². The summed E-state index contributed by atoms with van der Waals surface area (Å²) in [7, 11) is 3.11. The van der Waals surface area contributed by atoms with Crippen LogP contribution in [0.15, 0.2) is 30.3 Å². The van der Waals surface area contributed by atoms with Gasteiger partial charge in [-0.25, -0.2) is 0 Å². The van der Waals surface area contributed by atoms with Gasteiger partial charge in [-0.05, 0) is 42.5 Å². The van der Waals surface area contributed by atoms with Crippen molar-refractivity contribution in [3.63, 3.8) is 0 Å². The number of ether oxygens (including phenoxy) is 2. The van der Waals surface area contributed by atoms with E-state index in [4.69, 9.17) is 9.47 Å². The highest BCUT2D eigenvalue weighted by atomic mass is 16.5. The van der Waals surface area contributed by atoms with Gasteiger partial charge >= 0.3 is 5.97 Å². The van der Waals surface area contributed by atoms with Gasteiger partial charge in [0.15, 0.2) is 0 Å². The van der Waals surface area contributed by atoms with Crippen LogP contribution in [0.1, 0.15) is 24.8 Å². The number of carbonyl (C=O) groups excluding carboxylic acids is 1. The quantitative estimate of drug-likeness (QED) is 0.769. The summed E-state index contributed by atoms with van der Waals surface area (Å²) in [5.74, 6) is 0.791. The van der Waals surface area contributed by atoms with Gasteiger partial charge in [-0.15, -0.1) is 0 Å². The number of hydrogen-bond donors (Lipinski definition) is 0. The first-order chi connectivity index (χ1) is 8.74. The van der Waals surface area contributed by atoms with Crippen molar-refractivity contribution in [2.75, 3.05) is 14.2 Å². The fraction of sp³-hybridized carbons (Fsp3) is 0.400. The van der Waals surface area contributed by atoms with E-state index < -0.39 is 0 Å². The Morgan fingerprint density at radius 2 is 1.94 bits per heavy atom. The van der Waals surface area contributed by atoms with Crippen molar-refractivity contribution < 1.29 is 14.3 Å². The molecule has 0 saturated heterocycles. The Morgan fingerprint density at radius 1 is 1.22 bits per heavy atom.